The van der Waals surface area contributed by atoms with Gasteiger partial charge in [-0.25, -0.2) is 0 Å². The van der Waals surface area contributed by atoms with Crippen molar-refractivity contribution < 1.29 is 5.11 Å². The average molecular weight is 233 g/mol. The summed E-state index contributed by atoms with van der Waals surface area (Å²) in [7, 11) is 0. The molecule has 1 saturated carbocycles. The first-order valence-electron chi connectivity index (χ1n) is 6.82. The van der Waals surface area contributed by atoms with Gasteiger partial charge in [-0.2, -0.15) is 0 Å². The molecule has 1 aliphatic carbocycles. The van der Waals surface area contributed by atoms with Crippen LogP contribution in [-0.4, -0.2) is 11.7 Å². The summed E-state index contributed by atoms with van der Waals surface area (Å²) in [6, 6.07) is 8.07. The predicted molar refractivity (Wildman–Crippen MR) is 72.0 cm³/mol. The number of aliphatic hydroxyl groups is 1. The van der Waals surface area contributed by atoms with Gasteiger partial charge in [0.15, 0.2) is 0 Å². The smallest absolute Gasteiger partial charge is 0.0682 e. The zero-order valence-corrected chi connectivity index (χ0v) is 10.5. The minimum Gasteiger partial charge on any atom is -0.392 e. The second kappa shape index (κ2) is 6.65. The molecule has 0 atom stereocenters. The third-order valence-electron chi connectivity index (χ3n) is 3.68. The van der Waals surface area contributed by atoms with Crippen LogP contribution in [0.3, 0.4) is 0 Å². The molecule has 0 bridgehead atoms. The van der Waals surface area contributed by atoms with E-state index in [4.69, 9.17) is 5.11 Å². The molecule has 2 heteroatoms. The molecule has 0 spiro atoms. The second-order valence-corrected chi connectivity index (χ2v) is 5.10. The van der Waals surface area contributed by atoms with E-state index in [0.717, 1.165) is 23.7 Å². The Labute approximate surface area is 104 Å². The van der Waals surface area contributed by atoms with Crippen molar-refractivity contribution in [2.75, 3.05) is 11.9 Å². The molecule has 2 nitrogen and oxygen atoms in total. The van der Waals surface area contributed by atoms with E-state index in [0.29, 0.717) is 0 Å². The molecule has 1 aromatic rings. The summed E-state index contributed by atoms with van der Waals surface area (Å²) in [5.41, 5.74) is 2.12. The number of aliphatic hydroxyl groups excluding tert-OH is 1. The second-order valence-electron chi connectivity index (χ2n) is 5.10. The first kappa shape index (κ1) is 12.4. The lowest BCUT2D eigenvalue weighted by Gasteiger charge is -2.16. The molecule has 0 saturated heterocycles. The number of hydrogen-bond donors (Lipinski definition) is 2. The molecule has 0 amide bonds. The number of benzene rings is 1. The highest BCUT2D eigenvalue weighted by Crippen LogP contribution is 2.23. The standard InChI is InChI=1S/C15H23NO/c17-12-14-8-5-9-15(10-14)16-11-13-6-3-1-2-4-7-13/h5,8-10,13,16-17H,1-4,6-7,11-12H2. The SMILES string of the molecule is OCc1cccc(NCC2CCCCCC2)c1. The van der Waals surface area contributed by atoms with Gasteiger partial charge in [-0.05, 0) is 36.5 Å². The Morgan fingerprint density at radius 3 is 2.59 bits per heavy atom. The van der Waals surface area contributed by atoms with Crippen molar-refractivity contribution >= 4 is 5.69 Å². The van der Waals surface area contributed by atoms with Crippen LogP contribution in [0.4, 0.5) is 5.69 Å². The molecule has 0 aromatic heterocycles. The van der Waals surface area contributed by atoms with Crippen LogP contribution in [-0.2, 0) is 6.61 Å². The highest BCUT2D eigenvalue weighted by Gasteiger charge is 2.11. The lowest BCUT2D eigenvalue weighted by atomic mass is 10.0. The van der Waals surface area contributed by atoms with Gasteiger partial charge in [0.1, 0.15) is 0 Å². The third kappa shape index (κ3) is 4.04. The zero-order chi connectivity index (χ0) is 11.9. The molecule has 94 valence electrons. The van der Waals surface area contributed by atoms with Gasteiger partial charge in [0.2, 0.25) is 0 Å². The third-order valence-corrected chi connectivity index (χ3v) is 3.68. The summed E-state index contributed by atoms with van der Waals surface area (Å²) < 4.78 is 0. The molecule has 0 radical (unpaired) electrons. The summed E-state index contributed by atoms with van der Waals surface area (Å²) in [5, 5.41) is 12.6. The Morgan fingerprint density at radius 2 is 1.88 bits per heavy atom. The van der Waals surface area contributed by atoms with Gasteiger partial charge in [-0.15, -0.1) is 0 Å². The van der Waals surface area contributed by atoms with Crippen molar-refractivity contribution in [3.05, 3.63) is 29.8 Å². The van der Waals surface area contributed by atoms with Gasteiger partial charge in [0.05, 0.1) is 6.61 Å². The average Bonchev–Trinajstić information content (AvgIpc) is 2.65. The first-order chi connectivity index (χ1) is 8.38. The minimum atomic E-state index is 0.124. The fourth-order valence-corrected chi connectivity index (χ4v) is 2.61. The molecule has 0 unspecified atom stereocenters. The topological polar surface area (TPSA) is 32.3 Å². The van der Waals surface area contributed by atoms with Gasteiger partial charge in [-0.3, -0.25) is 0 Å². The lowest BCUT2D eigenvalue weighted by molar-refractivity contribution is 0.282. The molecular formula is C15H23NO. The molecule has 2 rings (SSSR count). The molecule has 1 fully saturated rings. The fraction of sp³-hybridized carbons (Fsp3) is 0.600. The number of anilines is 1. The van der Waals surface area contributed by atoms with E-state index in [9.17, 15) is 0 Å². The van der Waals surface area contributed by atoms with Gasteiger partial charge in [-0.1, -0.05) is 37.8 Å². The van der Waals surface area contributed by atoms with Gasteiger partial charge in [0, 0.05) is 12.2 Å². The summed E-state index contributed by atoms with van der Waals surface area (Å²) in [6.07, 6.45) is 8.35. The number of hydrogen-bond acceptors (Lipinski definition) is 2. The van der Waals surface area contributed by atoms with Crippen molar-refractivity contribution in [3.8, 4) is 0 Å². The van der Waals surface area contributed by atoms with E-state index in [1.54, 1.807) is 0 Å². The number of nitrogens with one attached hydrogen (secondary N) is 1. The Morgan fingerprint density at radius 1 is 1.12 bits per heavy atom. The molecule has 17 heavy (non-hydrogen) atoms. The maximum Gasteiger partial charge on any atom is 0.0682 e. The maximum absolute atomic E-state index is 9.09. The van der Waals surface area contributed by atoms with Crippen molar-refractivity contribution in [3.63, 3.8) is 0 Å². The summed E-state index contributed by atoms with van der Waals surface area (Å²) in [4.78, 5) is 0. The van der Waals surface area contributed by atoms with Crippen molar-refractivity contribution in [2.24, 2.45) is 5.92 Å². The van der Waals surface area contributed by atoms with Crippen LogP contribution in [0.15, 0.2) is 24.3 Å². The van der Waals surface area contributed by atoms with Crippen LogP contribution < -0.4 is 5.32 Å². The Hall–Kier alpha value is -1.02. The van der Waals surface area contributed by atoms with E-state index >= 15 is 0 Å². The molecule has 0 aliphatic heterocycles. The molecule has 1 aliphatic rings. The highest BCUT2D eigenvalue weighted by atomic mass is 16.3. The van der Waals surface area contributed by atoms with E-state index in [1.807, 2.05) is 18.2 Å². The summed E-state index contributed by atoms with van der Waals surface area (Å²) in [5.74, 6) is 0.829. The van der Waals surface area contributed by atoms with Gasteiger partial charge < -0.3 is 10.4 Å². The van der Waals surface area contributed by atoms with Gasteiger partial charge in [0.25, 0.3) is 0 Å². The van der Waals surface area contributed by atoms with E-state index in [-0.39, 0.29) is 6.61 Å². The maximum atomic E-state index is 9.09. The fourth-order valence-electron chi connectivity index (χ4n) is 2.61. The Balaban J connectivity index is 1.83. The van der Waals surface area contributed by atoms with Crippen LogP contribution >= 0.6 is 0 Å². The number of rotatable bonds is 4. The van der Waals surface area contributed by atoms with Crippen LogP contribution in [0.1, 0.15) is 44.1 Å². The van der Waals surface area contributed by atoms with E-state index in [2.05, 4.69) is 11.4 Å². The largest absolute Gasteiger partial charge is 0.392 e. The predicted octanol–water partition coefficient (Wildman–Crippen LogP) is 3.56. The normalized spacial score (nSPS) is 17.7. The first-order valence-corrected chi connectivity index (χ1v) is 6.82. The minimum absolute atomic E-state index is 0.124. The van der Waals surface area contributed by atoms with E-state index < -0.39 is 0 Å². The molecule has 1 aromatic carbocycles. The lowest BCUT2D eigenvalue weighted by Crippen LogP contribution is -2.13. The van der Waals surface area contributed by atoms with Crippen molar-refractivity contribution in [1.29, 1.82) is 0 Å². The van der Waals surface area contributed by atoms with Crippen molar-refractivity contribution in [1.82, 2.24) is 0 Å². The van der Waals surface area contributed by atoms with Crippen LogP contribution in [0, 0.1) is 5.92 Å². The van der Waals surface area contributed by atoms with Crippen LogP contribution in [0.2, 0.25) is 0 Å². The van der Waals surface area contributed by atoms with Crippen LogP contribution in [0.5, 0.6) is 0 Å². The zero-order valence-electron chi connectivity index (χ0n) is 10.5. The monoisotopic (exact) mass is 233 g/mol. The summed E-state index contributed by atoms with van der Waals surface area (Å²) in [6.45, 7) is 1.20. The Kier molecular flexibility index (Phi) is 4.87. The van der Waals surface area contributed by atoms with Crippen LogP contribution in [0.25, 0.3) is 0 Å². The quantitative estimate of drug-likeness (QED) is 0.779. The van der Waals surface area contributed by atoms with E-state index in [1.165, 1.54) is 38.5 Å². The Bertz CT molecular complexity index is 329. The molecular weight excluding hydrogens is 210 g/mol. The molecule has 0 heterocycles. The van der Waals surface area contributed by atoms with Gasteiger partial charge >= 0.3 is 0 Å². The highest BCUT2D eigenvalue weighted by molar-refractivity contribution is 5.45. The molecule has 2 N–H and O–H groups in total. The van der Waals surface area contributed by atoms with Crippen molar-refractivity contribution in [2.45, 2.75) is 45.1 Å². The summed E-state index contributed by atoms with van der Waals surface area (Å²) >= 11 is 0.